The molecule has 0 saturated carbocycles. The molecule has 2 aromatic carbocycles. The normalized spacial score (nSPS) is 10.5. The van der Waals surface area contributed by atoms with Gasteiger partial charge in [0, 0.05) is 16.1 Å². The second-order valence-corrected chi connectivity index (χ2v) is 4.97. The monoisotopic (exact) mass is 297 g/mol. The lowest BCUT2D eigenvalue weighted by molar-refractivity contribution is 0.112. The Balaban J connectivity index is 2.11. The second-order valence-electron chi connectivity index (χ2n) is 4.54. The van der Waals surface area contributed by atoms with E-state index >= 15 is 0 Å². The smallest absolute Gasteiger partial charge is 0.150 e. The van der Waals surface area contributed by atoms with Gasteiger partial charge in [-0.2, -0.15) is 5.10 Å². The molecular formula is C16H12ClN3O. The maximum atomic E-state index is 11.1. The van der Waals surface area contributed by atoms with E-state index in [-0.39, 0.29) is 0 Å². The SMILES string of the molecule is Nc1c(-c2ccccc2C=O)cnn1-c1ccc(Cl)cc1. The topological polar surface area (TPSA) is 60.9 Å². The fraction of sp³-hybridized carbons (Fsp3) is 0. The fourth-order valence-electron chi connectivity index (χ4n) is 2.20. The van der Waals surface area contributed by atoms with Crippen LogP contribution in [0.25, 0.3) is 16.8 Å². The largest absolute Gasteiger partial charge is 0.383 e. The summed E-state index contributed by atoms with van der Waals surface area (Å²) in [6, 6.07) is 14.5. The predicted octanol–water partition coefficient (Wildman–Crippen LogP) is 3.59. The van der Waals surface area contributed by atoms with Crippen LogP contribution in [0, 0.1) is 0 Å². The average Bonchev–Trinajstić information content (AvgIpc) is 2.89. The number of nitrogen functional groups attached to an aromatic ring is 1. The number of hydrogen-bond acceptors (Lipinski definition) is 3. The Morgan fingerprint density at radius 1 is 1.05 bits per heavy atom. The van der Waals surface area contributed by atoms with Crippen LogP contribution in [0.5, 0.6) is 0 Å². The third-order valence-electron chi connectivity index (χ3n) is 3.26. The summed E-state index contributed by atoms with van der Waals surface area (Å²) in [5, 5.41) is 4.95. The summed E-state index contributed by atoms with van der Waals surface area (Å²) in [5.74, 6) is 0.478. The molecule has 1 aromatic heterocycles. The maximum absolute atomic E-state index is 11.1. The number of benzene rings is 2. The molecule has 0 aliphatic heterocycles. The van der Waals surface area contributed by atoms with E-state index in [0.29, 0.717) is 16.4 Å². The molecule has 0 radical (unpaired) electrons. The van der Waals surface area contributed by atoms with E-state index in [2.05, 4.69) is 5.10 Å². The zero-order valence-corrected chi connectivity index (χ0v) is 11.8. The Bertz CT molecular complexity index is 794. The van der Waals surface area contributed by atoms with Crippen LogP contribution in [0.15, 0.2) is 54.7 Å². The van der Waals surface area contributed by atoms with Gasteiger partial charge in [-0.15, -0.1) is 0 Å². The van der Waals surface area contributed by atoms with E-state index < -0.39 is 0 Å². The lowest BCUT2D eigenvalue weighted by Gasteiger charge is -2.06. The molecule has 5 heteroatoms. The van der Waals surface area contributed by atoms with Gasteiger partial charge < -0.3 is 5.73 Å². The highest BCUT2D eigenvalue weighted by Crippen LogP contribution is 2.29. The number of nitrogens with zero attached hydrogens (tertiary/aromatic N) is 2. The van der Waals surface area contributed by atoms with Crippen LogP contribution in [0.1, 0.15) is 10.4 Å². The minimum absolute atomic E-state index is 0.478. The second kappa shape index (κ2) is 5.42. The molecule has 21 heavy (non-hydrogen) atoms. The molecule has 0 fully saturated rings. The number of anilines is 1. The Morgan fingerprint density at radius 3 is 2.48 bits per heavy atom. The number of hydrogen-bond donors (Lipinski definition) is 1. The van der Waals surface area contributed by atoms with Gasteiger partial charge in [0.15, 0.2) is 6.29 Å². The fourth-order valence-corrected chi connectivity index (χ4v) is 2.32. The van der Waals surface area contributed by atoms with Gasteiger partial charge in [-0.3, -0.25) is 4.79 Å². The number of nitrogens with two attached hydrogens (primary N) is 1. The first-order valence-electron chi connectivity index (χ1n) is 6.34. The van der Waals surface area contributed by atoms with Gasteiger partial charge in [-0.25, -0.2) is 4.68 Å². The standard InChI is InChI=1S/C16H12ClN3O/c17-12-5-7-13(8-6-12)20-16(18)15(9-19-20)14-4-2-1-3-11(14)10-21/h1-10H,18H2. The molecule has 104 valence electrons. The number of rotatable bonds is 3. The summed E-state index contributed by atoms with van der Waals surface area (Å²) < 4.78 is 1.62. The summed E-state index contributed by atoms with van der Waals surface area (Å²) in [6.45, 7) is 0. The highest BCUT2D eigenvalue weighted by atomic mass is 35.5. The van der Waals surface area contributed by atoms with Crippen LogP contribution in [-0.4, -0.2) is 16.1 Å². The van der Waals surface area contributed by atoms with Crippen molar-refractivity contribution in [1.29, 1.82) is 0 Å². The molecule has 3 rings (SSSR count). The van der Waals surface area contributed by atoms with E-state index in [0.717, 1.165) is 23.1 Å². The molecule has 1 heterocycles. The zero-order valence-electron chi connectivity index (χ0n) is 11.0. The van der Waals surface area contributed by atoms with Crippen molar-refractivity contribution in [1.82, 2.24) is 9.78 Å². The Morgan fingerprint density at radius 2 is 1.76 bits per heavy atom. The van der Waals surface area contributed by atoms with E-state index in [9.17, 15) is 4.79 Å². The van der Waals surface area contributed by atoms with Crippen LogP contribution in [0.4, 0.5) is 5.82 Å². The Hall–Kier alpha value is -2.59. The van der Waals surface area contributed by atoms with Crippen molar-refractivity contribution in [2.75, 3.05) is 5.73 Å². The van der Waals surface area contributed by atoms with Crippen molar-refractivity contribution in [2.45, 2.75) is 0 Å². The number of carbonyl (C=O) groups is 1. The molecule has 0 bridgehead atoms. The molecule has 0 atom stereocenters. The number of carbonyl (C=O) groups excluding carboxylic acids is 1. The molecule has 0 saturated heterocycles. The lowest BCUT2D eigenvalue weighted by atomic mass is 10.0. The molecule has 0 unspecified atom stereocenters. The number of halogens is 1. The van der Waals surface area contributed by atoms with Gasteiger partial charge in [0.2, 0.25) is 0 Å². The van der Waals surface area contributed by atoms with Crippen LogP contribution >= 0.6 is 11.6 Å². The maximum Gasteiger partial charge on any atom is 0.150 e. The van der Waals surface area contributed by atoms with Crippen molar-refractivity contribution in [3.8, 4) is 16.8 Å². The summed E-state index contributed by atoms with van der Waals surface area (Å²) in [7, 11) is 0. The Labute approximate surface area is 126 Å². The highest BCUT2D eigenvalue weighted by Gasteiger charge is 2.13. The van der Waals surface area contributed by atoms with E-state index in [1.165, 1.54) is 0 Å². The van der Waals surface area contributed by atoms with Gasteiger partial charge in [0.25, 0.3) is 0 Å². The summed E-state index contributed by atoms with van der Waals surface area (Å²) in [6.07, 6.45) is 2.47. The number of aromatic nitrogens is 2. The minimum atomic E-state index is 0.478. The first-order chi connectivity index (χ1) is 10.2. The van der Waals surface area contributed by atoms with Crippen LogP contribution < -0.4 is 5.73 Å². The van der Waals surface area contributed by atoms with Gasteiger partial charge in [-0.1, -0.05) is 35.9 Å². The van der Waals surface area contributed by atoms with E-state index in [1.54, 1.807) is 29.1 Å². The molecule has 0 aliphatic carbocycles. The molecule has 3 aromatic rings. The molecule has 2 N–H and O–H groups in total. The van der Waals surface area contributed by atoms with Crippen molar-refractivity contribution < 1.29 is 4.79 Å². The van der Waals surface area contributed by atoms with Gasteiger partial charge >= 0.3 is 0 Å². The van der Waals surface area contributed by atoms with Gasteiger partial charge in [0.05, 0.1) is 11.9 Å². The quantitative estimate of drug-likeness (QED) is 0.752. The molecule has 0 aliphatic rings. The molecular weight excluding hydrogens is 286 g/mol. The minimum Gasteiger partial charge on any atom is -0.383 e. The first-order valence-corrected chi connectivity index (χ1v) is 6.72. The van der Waals surface area contributed by atoms with Gasteiger partial charge in [0.1, 0.15) is 5.82 Å². The molecule has 0 amide bonds. The molecule has 4 nitrogen and oxygen atoms in total. The van der Waals surface area contributed by atoms with Crippen LogP contribution in [0.3, 0.4) is 0 Å². The average molecular weight is 298 g/mol. The van der Waals surface area contributed by atoms with Crippen molar-refractivity contribution >= 4 is 23.7 Å². The van der Waals surface area contributed by atoms with E-state index in [4.69, 9.17) is 17.3 Å². The summed E-state index contributed by atoms with van der Waals surface area (Å²) in [4.78, 5) is 11.1. The predicted molar refractivity (Wildman–Crippen MR) is 83.8 cm³/mol. The summed E-state index contributed by atoms with van der Waals surface area (Å²) >= 11 is 5.88. The van der Waals surface area contributed by atoms with Crippen LogP contribution in [-0.2, 0) is 0 Å². The Kier molecular flexibility index (Phi) is 3.46. The summed E-state index contributed by atoms with van der Waals surface area (Å²) in [5.41, 5.74) is 9.07. The van der Waals surface area contributed by atoms with Crippen LogP contribution in [0.2, 0.25) is 5.02 Å². The first kappa shape index (κ1) is 13.4. The zero-order chi connectivity index (χ0) is 14.8. The molecule has 0 spiro atoms. The highest BCUT2D eigenvalue weighted by molar-refractivity contribution is 6.30. The lowest BCUT2D eigenvalue weighted by Crippen LogP contribution is -2.02. The third kappa shape index (κ3) is 2.41. The van der Waals surface area contributed by atoms with Crippen molar-refractivity contribution in [3.05, 3.63) is 65.3 Å². The van der Waals surface area contributed by atoms with Gasteiger partial charge in [-0.05, 0) is 29.8 Å². The van der Waals surface area contributed by atoms with Crippen molar-refractivity contribution in [3.63, 3.8) is 0 Å². The third-order valence-corrected chi connectivity index (χ3v) is 3.51. The number of aldehydes is 1. The van der Waals surface area contributed by atoms with E-state index in [1.807, 2.05) is 30.3 Å². The van der Waals surface area contributed by atoms with Crippen molar-refractivity contribution in [2.24, 2.45) is 0 Å².